The number of allylic oxidation sites excluding steroid dienone is 1. The van der Waals surface area contributed by atoms with Crippen LogP contribution in [0.3, 0.4) is 0 Å². The molecule has 4 aromatic rings. The van der Waals surface area contributed by atoms with E-state index in [-0.39, 0.29) is 51.0 Å². The van der Waals surface area contributed by atoms with Crippen molar-refractivity contribution in [3.63, 3.8) is 0 Å². The van der Waals surface area contributed by atoms with E-state index in [9.17, 15) is 0 Å². The van der Waals surface area contributed by atoms with E-state index in [4.69, 9.17) is 0 Å². The normalized spacial score (nSPS) is 14.3. The van der Waals surface area contributed by atoms with Gasteiger partial charge in [0, 0.05) is 5.92 Å². The van der Waals surface area contributed by atoms with Crippen molar-refractivity contribution in [2.24, 2.45) is 0 Å². The van der Waals surface area contributed by atoms with Crippen molar-refractivity contribution in [3.05, 3.63) is 112 Å². The first-order valence-corrected chi connectivity index (χ1v) is 9.24. The van der Waals surface area contributed by atoms with E-state index in [1.54, 1.807) is 0 Å². The molecule has 0 saturated heterocycles. The Bertz CT molecular complexity index is 1150. The van der Waals surface area contributed by atoms with Crippen LogP contribution in [-0.4, -0.2) is 0 Å². The summed E-state index contributed by atoms with van der Waals surface area (Å²) in [6.07, 6.45) is 2.37. The smallest absolute Gasteiger partial charge is 1.00 e. The van der Waals surface area contributed by atoms with Crippen LogP contribution >= 0.6 is 0 Å². The molecule has 3 heteroatoms. The van der Waals surface area contributed by atoms with Gasteiger partial charge in [-0.2, -0.15) is 6.07 Å². The van der Waals surface area contributed by atoms with Crippen molar-refractivity contribution >= 4 is 22.4 Å². The Kier molecular flexibility index (Phi) is 7.80. The molecule has 0 aliphatic heterocycles. The van der Waals surface area contributed by atoms with Crippen LogP contribution in [0.5, 0.6) is 0 Å². The number of rotatable bonds is 2. The molecule has 0 spiro atoms. The molecule has 0 amide bonds. The quantitative estimate of drug-likeness (QED) is 0.362. The zero-order valence-electron chi connectivity index (χ0n) is 16.4. The van der Waals surface area contributed by atoms with Crippen LogP contribution in [0.2, 0.25) is 0 Å². The van der Waals surface area contributed by atoms with Crippen LogP contribution in [0.1, 0.15) is 39.3 Å². The van der Waals surface area contributed by atoms with E-state index in [1.807, 2.05) is 0 Å². The Morgan fingerprint density at radius 2 is 1.45 bits per heavy atom. The Morgan fingerprint density at radius 3 is 2.21 bits per heavy atom. The standard InChI is InChI=1S/C26H21.2ClH.Zr/c1-17-10-12-19(13-11-17)25-16-21-6-3-4-8-22(21)26(25)23-9-5-7-20-14-18(2)15-24(20)23;;;/h3-16,26H,1-2H3;2*1H;/q-1;;;+3/p-2. The van der Waals surface area contributed by atoms with Crippen molar-refractivity contribution in [2.45, 2.75) is 19.8 Å². The SMILES string of the molecule is Cc1ccc(C2=Cc3ccccc3C2c2cccc3[cH-]c(C)cc23)cc1.[Cl-].[Cl-].[Zr+3]. The summed E-state index contributed by atoms with van der Waals surface area (Å²) in [6, 6.07) is 29.1. The van der Waals surface area contributed by atoms with Crippen molar-refractivity contribution in [3.8, 4) is 0 Å². The molecule has 0 fully saturated rings. The second-order valence-corrected chi connectivity index (χ2v) is 7.41. The van der Waals surface area contributed by atoms with Crippen molar-refractivity contribution in [1.82, 2.24) is 0 Å². The van der Waals surface area contributed by atoms with E-state index in [0.717, 1.165) is 0 Å². The van der Waals surface area contributed by atoms with Gasteiger partial charge in [0.1, 0.15) is 0 Å². The summed E-state index contributed by atoms with van der Waals surface area (Å²) >= 11 is 0. The first-order valence-electron chi connectivity index (χ1n) is 9.24. The summed E-state index contributed by atoms with van der Waals surface area (Å²) in [6.45, 7) is 4.33. The topological polar surface area (TPSA) is 0 Å². The van der Waals surface area contributed by atoms with Gasteiger partial charge in [0.05, 0.1) is 0 Å². The Hall–Kier alpha value is -1.53. The van der Waals surface area contributed by atoms with E-state index in [0.29, 0.717) is 5.92 Å². The molecule has 0 nitrogen and oxygen atoms in total. The van der Waals surface area contributed by atoms with Gasteiger partial charge in [-0.05, 0) is 35.3 Å². The minimum atomic E-state index is 0. The van der Waals surface area contributed by atoms with Crippen LogP contribution in [0.4, 0.5) is 0 Å². The number of hydrogen-bond donors (Lipinski definition) is 0. The predicted molar refractivity (Wildman–Crippen MR) is 112 cm³/mol. The zero-order chi connectivity index (χ0) is 17.7. The fourth-order valence-electron chi connectivity index (χ4n) is 4.32. The van der Waals surface area contributed by atoms with Crippen molar-refractivity contribution in [2.75, 3.05) is 0 Å². The van der Waals surface area contributed by atoms with Gasteiger partial charge in [-0.1, -0.05) is 72.6 Å². The maximum atomic E-state index is 2.37. The number of halogens is 2. The molecule has 0 aromatic heterocycles. The van der Waals surface area contributed by atoms with Crippen LogP contribution in [0, 0.1) is 13.8 Å². The second kappa shape index (κ2) is 9.52. The first-order chi connectivity index (χ1) is 12.7. The third-order valence-electron chi connectivity index (χ3n) is 5.55. The Labute approximate surface area is 204 Å². The van der Waals surface area contributed by atoms with Gasteiger partial charge in [0.2, 0.25) is 0 Å². The molecule has 1 unspecified atom stereocenters. The zero-order valence-corrected chi connectivity index (χ0v) is 20.4. The van der Waals surface area contributed by atoms with Crippen LogP contribution in [-0.2, 0) is 26.2 Å². The van der Waals surface area contributed by atoms with Gasteiger partial charge in [-0.15, -0.1) is 34.5 Å². The molecule has 1 radical (unpaired) electrons. The van der Waals surface area contributed by atoms with Gasteiger partial charge in [-0.3, -0.25) is 0 Å². The monoisotopic (exact) mass is 493 g/mol. The maximum absolute atomic E-state index is 2.37. The van der Waals surface area contributed by atoms with E-state index in [2.05, 4.69) is 98.8 Å². The Morgan fingerprint density at radius 1 is 0.759 bits per heavy atom. The fraction of sp³-hybridized carbons (Fsp3) is 0.115. The van der Waals surface area contributed by atoms with Crippen molar-refractivity contribution < 1.29 is 51.0 Å². The number of hydrogen-bond acceptors (Lipinski definition) is 0. The fourth-order valence-corrected chi connectivity index (χ4v) is 4.32. The molecule has 0 bridgehead atoms. The molecule has 1 atom stereocenters. The van der Waals surface area contributed by atoms with Crippen LogP contribution in [0.25, 0.3) is 22.4 Å². The Balaban J connectivity index is 0.000001000. The minimum Gasteiger partial charge on any atom is -1.00 e. The molecular weight excluding hydrogens is 474 g/mol. The van der Waals surface area contributed by atoms with E-state index in [1.165, 1.54) is 49.7 Å². The summed E-state index contributed by atoms with van der Waals surface area (Å²) in [5, 5.41) is 2.72. The van der Waals surface area contributed by atoms with E-state index < -0.39 is 0 Å². The van der Waals surface area contributed by atoms with Gasteiger partial charge >= 0.3 is 26.2 Å². The predicted octanol–water partition coefficient (Wildman–Crippen LogP) is 0.867. The molecule has 4 aromatic carbocycles. The summed E-state index contributed by atoms with van der Waals surface area (Å²) in [5.41, 5.74) is 9.51. The average molecular weight is 496 g/mol. The van der Waals surface area contributed by atoms with Gasteiger partial charge in [0.15, 0.2) is 0 Å². The minimum absolute atomic E-state index is 0. The number of benzene rings is 3. The molecule has 29 heavy (non-hydrogen) atoms. The average Bonchev–Trinajstić information content (AvgIpc) is 3.21. The second-order valence-electron chi connectivity index (χ2n) is 7.41. The molecule has 0 N–H and O–H groups in total. The largest absolute Gasteiger partial charge is 3.00 e. The first kappa shape index (κ1) is 23.7. The summed E-state index contributed by atoms with van der Waals surface area (Å²) < 4.78 is 0. The summed E-state index contributed by atoms with van der Waals surface area (Å²) in [5.74, 6) is 0.291. The summed E-state index contributed by atoms with van der Waals surface area (Å²) in [4.78, 5) is 0. The third-order valence-corrected chi connectivity index (χ3v) is 5.55. The van der Waals surface area contributed by atoms with E-state index >= 15 is 0 Å². The van der Waals surface area contributed by atoms with Gasteiger partial charge < -0.3 is 24.8 Å². The van der Waals surface area contributed by atoms with Gasteiger partial charge in [0.25, 0.3) is 0 Å². The molecule has 5 rings (SSSR count). The molecule has 1 aliphatic rings. The summed E-state index contributed by atoms with van der Waals surface area (Å²) in [7, 11) is 0. The van der Waals surface area contributed by atoms with Crippen LogP contribution in [0.15, 0.2) is 78.9 Å². The molecule has 0 heterocycles. The van der Waals surface area contributed by atoms with Crippen LogP contribution < -0.4 is 24.8 Å². The molecule has 143 valence electrons. The molecule has 0 saturated carbocycles. The van der Waals surface area contributed by atoms with Gasteiger partial charge in [-0.25, -0.2) is 0 Å². The third kappa shape index (κ3) is 4.20. The van der Waals surface area contributed by atoms with Crippen molar-refractivity contribution in [1.29, 1.82) is 0 Å². The number of fused-ring (bicyclic) bond motifs is 2. The molecular formula is C26H21Cl2Zr. The maximum Gasteiger partial charge on any atom is 3.00 e. The number of aryl methyl sites for hydroxylation is 2. The molecule has 1 aliphatic carbocycles.